The summed E-state index contributed by atoms with van der Waals surface area (Å²) in [5.74, 6) is -0.252. The second-order valence-electron chi connectivity index (χ2n) is 3.66. The number of rotatable bonds is 8. The number of amides is 1. The van der Waals surface area contributed by atoms with E-state index >= 15 is 0 Å². The summed E-state index contributed by atoms with van der Waals surface area (Å²) in [6, 6.07) is 2.83. The lowest BCUT2D eigenvalue weighted by atomic mass is 10.2. The standard InChI is InChI=1S/C12H18N2O4/c1-17-7-8-18-6-2-4-14-12(16)10-3-5-13-11(15)9-10/h3,5,9H,2,4,6-8H2,1H3,(H,13,15)(H,14,16). The highest BCUT2D eigenvalue weighted by molar-refractivity contribution is 5.93. The van der Waals surface area contributed by atoms with Crippen LogP contribution in [-0.4, -0.2) is 44.4 Å². The molecule has 18 heavy (non-hydrogen) atoms. The van der Waals surface area contributed by atoms with Gasteiger partial charge in [0, 0.05) is 38.1 Å². The molecule has 0 saturated heterocycles. The molecule has 0 aliphatic carbocycles. The van der Waals surface area contributed by atoms with Crippen molar-refractivity contribution in [1.82, 2.24) is 10.3 Å². The summed E-state index contributed by atoms with van der Waals surface area (Å²) >= 11 is 0. The zero-order chi connectivity index (χ0) is 13.2. The van der Waals surface area contributed by atoms with Gasteiger partial charge in [-0.1, -0.05) is 0 Å². The van der Waals surface area contributed by atoms with Gasteiger partial charge in [-0.15, -0.1) is 0 Å². The average Bonchev–Trinajstić information content (AvgIpc) is 2.37. The molecule has 6 heteroatoms. The van der Waals surface area contributed by atoms with Crippen LogP contribution in [0.4, 0.5) is 0 Å². The lowest BCUT2D eigenvalue weighted by Gasteiger charge is -2.05. The number of aromatic amines is 1. The molecule has 1 aromatic rings. The van der Waals surface area contributed by atoms with Crippen molar-refractivity contribution in [3.8, 4) is 0 Å². The van der Waals surface area contributed by atoms with Gasteiger partial charge >= 0.3 is 0 Å². The SMILES string of the molecule is COCCOCCCNC(=O)c1cc[nH]c(=O)c1. The average molecular weight is 254 g/mol. The summed E-state index contributed by atoms with van der Waals surface area (Å²) in [5, 5.41) is 2.71. The third-order valence-corrected chi connectivity index (χ3v) is 2.22. The Hall–Kier alpha value is -1.66. The number of hydrogen-bond acceptors (Lipinski definition) is 4. The summed E-state index contributed by atoms with van der Waals surface area (Å²) in [7, 11) is 1.62. The van der Waals surface area contributed by atoms with Crippen molar-refractivity contribution >= 4 is 5.91 Å². The molecule has 0 fully saturated rings. The van der Waals surface area contributed by atoms with Gasteiger partial charge in [0.2, 0.25) is 5.56 Å². The Morgan fingerprint density at radius 1 is 1.39 bits per heavy atom. The van der Waals surface area contributed by atoms with Crippen LogP contribution < -0.4 is 10.9 Å². The molecular weight excluding hydrogens is 236 g/mol. The highest BCUT2D eigenvalue weighted by Crippen LogP contribution is 1.92. The maximum absolute atomic E-state index is 11.6. The predicted octanol–water partition coefficient (Wildman–Crippen LogP) is 0.158. The van der Waals surface area contributed by atoms with Crippen molar-refractivity contribution in [2.24, 2.45) is 0 Å². The number of pyridine rings is 1. The second kappa shape index (κ2) is 8.43. The first-order chi connectivity index (χ1) is 8.74. The molecule has 6 nitrogen and oxygen atoms in total. The number of carbonyl (C=O) groups excluding carboxylic acids is 1. The minimum absolute atomic E-state index is 0.252. The Balaban J connectivity index is 2.16. The quantitative estimate of drug-likeness (QED) is 0.647. The lowest BCUT2D eigenvalue weighted by molar-refractivity contribution is 0.0688. The molecule has 0 aliphatic heterocycles. The highest BCUT2D eigenvalue weighted by atomic mass is 16.5. The third-order valence-electron chi connectivity index (χ3n) is 2.22. The van der Waals surface area contributed by atoms with Crippen LogP contribution in [0.15, 0.2) is 23.1 Å². The summed E-state index contributed by atoms with van der Waals surface area (Å²) in [6.07, 6.45) is 2.17. The normalized spacial score (nSPS) is 10.3. The molecule has 0 spiro atoms. The molecule has 0 atom stereocenters. The van der Waals surface area contributed by atoms with Gasteiger partial charge in [-0.2, -0.15) is 0 Å². The molecule has 0 unspecified atom stereocenters. The van der Waals surface area contributed by atoms with Gasteiger partial charge in [-0.25, -0.2) is 0 Å². The third kappa shape index (κ3) is 5.60. The van der Waals surface area contributed by atoms with Gasteiger partial charge in [0.15, 0.2) is 0 Å². The maximum Gasteiger partial charge on any atom is 0.251 e. The van der Waals surface area contributed by atoms with E-state index in [-0.39, 0.29) is 11.5 Å². The first kappa shape index (κ1) is 14.4. The number of ether oxygens (including phenoxy) is 2. The maximum atomic E-state index is 11.6. The molecule has 0 bridgehead atoms. The summed E-state index contributed by atoms with van der Waals surface area (Å²) in [5.41, 5.74) is 0.0737. The minimum atomic E-state index is -0.287. The van der Waals surface area contributed by atoms with Crippen LogP contribution >= 0.6 is 0 Å². The number of methoxy groups -OCH3 is 1. The van der Waals surface area contributed by atoms with Crippen molar-refractivity contribution in [1.29, 1.82) is 0 Å². The monoisotopic (exact) mass is 254 g/mol. The van der Waals surface area contributed by atoms with E-state index in [1.54, 1.807) is 13.2 Å². The topological polar surface area (TPSA) is 80.4 Å². The van der Waals surface area contributed by atoms with Crippen molar-refractivity contribution in [2.45, 2.75) is 6.42 Å². The molecular formula is C12H18N2O4. The lowest BCUT2D eigenvalue weighted by Crippen LogP contribution is -2.26. The van der Waals surface area contributed by atoms with Crippen LogP contribution in [0.25, 0.3) is 0 Å². The van der Waals surface area contributed by atoms with Crippen LogP contribution in [0.1, 0.15) is 16.8 Å². The fourth-order valence-electron chi connectivity index (χ4n) is 1.31. The molecule has 0 aromatic carbocycles. The zero-order valence-electron chi connectivity index (χ0n) is 10.4. The number of hydrogen-bond donors (Lipinski definition) is 2. The Bertz CT molecular complexity index is 417. The molecule has 1 amide bonds. The Morgan fingerprint density at radius 3 is 2.94 bits per heavy atom. The fourth-order valence-corrected chi connectivity index (χ4v) is 1.31. The number of aromatic nitrogens is 1. The Morgan fingerprint density at radius 2 is 2.22 bits per heavy atom. The summed E-state index contributed by atoms with van der Waals surface area (Å²) in [6.45, 7) is 2.20. The molecule has 2 N–H and O–H groups in total. The van der Waals surface area contributed by atoms with E-state index in [4.69, 9.17) is 9.47 Å². The molecule has 1 aromatic heterocycles. The van der Waals surface area contributed by atoms with E-state index < -0.39 is 0 Å². The van der Waals surface area contributed by atoms with Gasteiger partial charge in [-0.05, 0) is 12.5 Å². The first-order valence-electron chi connectivity index (χ1n) is 5.77. The van der Waals surface area contributed by atoms with E-state index in [1.165, 1.54) is 12.3 Å². The summed E-state index contributed by atoms with van der Waals surface area (Å²) in [4.78, 5) is 25.1. The van der Waals surface area contributed by atoms with Crippen LogP contribution in [0.5, 0.6) is 0 Å². The van der Waals surface area contributed by atoms with Crippen LogP contribution in [0.2, 0.25) is 0 Å². The minimum Gasteiger partial charge on any atom is -0.382 e. The van der Waals surface area contributed by atoms with Gasteiger partial charge in [-0.3, -0.25) is 9.59 Å². The predicted molar refractivity (Wildman–Crippen MR) is 66.7 cm³/mol. The van der Waals surface area contributed by atoms with E-state index in [9.17, 15) is 9.59 Å². The number of carbonyl (C=O) groups is 1. The molecule has 1 heterocycles. The zero-order valence-corrected chi connectivity index (χ0v) is 10.4. The highest BCUT2D eigenvalue weighted by Gasteiger charge is 2.04. The van der Waals surface area contributed by atoms with Crippen LogP contribution in [0, 0.1) is 0 Å². The van der Waals surface area contributed by atoms with Gasteiger partial charge < -0.3 is 19.8 Å². The van der Waals surface area contributed by atoms with E-state index in [0.717, 1.165) is 6.42 Å². The molecule has 1 rings (SSSR count). The Kier molecular flexibility index (Phi) is 6.75. The molecule has 0 radical (unpaired) electrons. The van der Waals surface area contributed by atoms with E-state index in [0.29, 0.717) is 31.9 Å². The number of H-pyrrole nitrogens is 1. The smallest absolute Gasteiger partial charge is 0.251 e. The van der Waals surface area contributed by atoms with Crippen molar-refractivity contribution in [3.05, 3.63) is 34.2 Å². The molecule has 0 aliphatic rings. The van der Waals surface area contributed by atoms with Crippen molar-refractivity contribution in [2.75, 3.05) is 33.5 Å². The number of nitrogens with one attached hydrogen (secondary N) is 2. The first-order valence-corrected chi connectivity index (χ1v) is 5.77. The largest absolute Gasteiger partial charge is 0.382 e. The van der Waals surface area contributed by atoms with Gasteiger partial charge in [0.25, 0.3) is 5.91 Å². The summed E-state index contributed by atoms with van der Waals surface area (Å²) < 4.78 is 10.1. The second-order valence-corrected chi connectivity index (χ2v) is 3.66. The van der Waals surface area contributed by atoms with Gasteiger partial charge in [0.05, 0.1) is 13.2 Å². The fraction of sp³-hybridized carbons (Fsp3) is 0.500. The van der Waals surface area contributed by atoms with Crippen LogP contribution in [-0.2, 0) is 9.47 Å². The van der Waals surface area contributed by atoms with Crippen LogP contribution in [0.3, 0.4) is 0 Å². The van der Waals surface area contributed by atoms with Crippen molar-refractivity contribution in [3.63, 3.8) is 0 Å². The van der Waals surface area contributed by atoms with E-state index in [1.807, 2.05) is 0 Å². The van der Waals surface area contributed by atoms with Gasteiger partial charge in [0.1, 0.15) is 0 Å². The molecule has 100 valence electrons. The van der Waals surface area contributed by atoms with Crippen molar-refractivity contribution < 1.29 is 14.3 Å². The molecule has 0 saturated carbocycles. The Labute approximate surface area is 105 Å². The van der Waals surface area contributed by atoms with E-state index in [2.05, 4.69) is 10.3 Å².